The normalized spacial score (nSPS) is 31.3. The van der Waals surface area contributed by atoms with Crippen molar-refractivity contribution >= 4 is 0 Å². The average Bonchev–Trinajstić information content (AvgIpc) is 2.15. The molecule has 1 saturated carbocycles. The van der Waals surface area contributed by atoms with Gasteiger partial charge in [-0.1, -0.05) is 13.8 Å². The van der Waals surface area contributed by atoms with Crippen molar-refractivity contribution in [1.29, 1.82) is 5.26 Å². The van der Waals surface area contributed by atoms with Gasteiger partial charge < -0.3 is 10.4 Å². The molecular weight excluding hydrogens is 188 g/mol. The fourth-order valence-electron chi connectivity index (χ4n) is 2.73. The molecule has 0 aromatic carbocycles. The second-order valence-electron chi connectivity index (χ2n) is 5.99. The third-order valence-corrected chi connectivity index (χ3v) is 4.40. The van der Waals surface area contributed by atoms with E-state index in [0.29, 0.717) is 18.5 Å². The molecule has 1 aliphatic carbocycles. The van der Waals surface area contributed by atoms with E-state index in [1.54, 1.807) is 0 Å². The summed E-state index contributed by atoms with van der Waals surface area (Å²) in [6.45, 7) is 5.66. The van der Waals surface area contributed by atoms with Gasteiger partial charge in [-0.25, -0.2) is 0 Å². The molecule has 0 amide bonds. The van der Waals surface area contributed by atoms with Crippen LogP contribution in [0, 0.1) is 22.2 Å². The van der Waals surface area contributed by atoms with Gasteiger partial charge in [0.25, 0.3) is 0 Å². The molecule has 0 radical (unpaired) electrons. The molecule has 0 aromatic heterocycles. The standard InChI is InChI=1S/C12H20N2O/c1-10(2)3-5-11(7-13,6-4-10)12(15)8-14-9-12/h14-15H,3-6,8-9H2,1-2H3. The Morgan fingerprint density at radius 3 is 2.00 bits per heavy atom. The van der Waals surface area contributed by atoms with Gasteiger partial charge in [0.05, 0.1) is 11.5 Å². The summed E-state index contributed by atoms with van der Waals surface area (Å²) in [7, 11) is 0. The Balaban J connectivity index is 2.16. The second-order valence-corrected chi connectivity index (χ2v) is 5.99. The van der Waals surface area contributed by atoms with Crippen LogP contribution >= 0.6 is 0 Å². The Labute approximate surface area is 91.5 Å². The Kier molecular flexibility index (Phi) is 2.33. The summed E-state index contributed by atoms with van der Waals surface area (Å²) in [5.41, 5.74) is -0.917. The average molecular weight is 208 g/mol. The van der Waals surface area contributed by atoms with Gasteiger partial charge in [-0.2, -0.15) is 5.26 Å². The minimum absolute atomic E-state index is 0.341. The maximum atomic E-state index is 10.4. The number of aliphatic hydroxyl groups is 1. The van der Waals surface area contributed by atoms with Crippen LogP contribution in [-0.4, -0.2) is 23.8 Å². The number of rotatable bonds is 1. The summed E-state index contributed by atoms with van der Waals surface area (Å²) < 4.78 is 0. The Morgan fingerprint density at radius 2 is 1.67 bits per heavy atom. The highest BCUT2D eigenvalue weighted by Gasteiger charge is 2.56. The van der Waals surface area contributed by atoms with Crippen LogP contribution in [-0.2, 0) is 0 Å². The molecule has 84 valence electrons. The molecule has 2 N–H and O–H groups in total. The second kappa shape index (κ2) is 3.20. The fourth-order valence-corrected chi connectivity index (χ4v) is 2.73. The van der Waals surface area contributed by atoms with Crippen LogP contribution in [0.5, 0.6) is 0 Å². The van der Waals surface area contributed by atoms with Crippen LogP contribution in [0.1, 0.15) is 39.5 Å². The van der Waals surface area contributed by atoms with E-state index >= 15 is 0 Å². The van der Waals surface area contributed by atoms with Crippen molar-refractivity contribution < 1.29 is 5.11 Å². The molecule has 0 unspecified atom stereocenters. The van der Waals surface area contributed by atoms with E-state index in [1.807, 2.05) is 0 Å². The van der Waals surface area contributed by atoms with E-state index in [0.717, 1.165) is 25.7 Å². The van der Waals surface area contributed by atoms with E-state index < -0.39 is 11.0 Å². The highest BCUT2D eigenvalue weighted by atomic mass is 16.3. The van der Waals surface area contributed by atoms with E-state index in [1.165, 1.54) is 0 Å². The van der Waals surface area contributed by atoms with Crippen LogP contribution in [0.4, 0.5) is 0 Å². The lowest BCUT2D eigenvalue weighted by Gasteiger charge is -2.53. The maximum Gasteiger partial charge on any atom is 0.108 e. The summed E-state index contributed by atoms with van der Waals surface area (Å²) in [5, 5.41) is 22.8. The molecule has 0 spiro atoms. The molecule has 0 atom stereocenters. The molecular formula is C12H20N2O. The van der Waals surface area contributed by atoms with Gasteiger partial charge in [-0.15, -0.1) is 0 Å². The zero-order valence-electron chi connectivity index (χ0n) is 9.64. The molecule has 3 nitrogen and oxygen atoms in total. The third kappa shape index (κ3) is 1.56. The molecule has 2 rings (SSSR count). The molecule has 1 heterocycles. The SMILES string of the molecule is CC1(C)CCC(C#N)(C2(O)CNC2)CC1. The van der Waals surface area contributed by atoms with Crippen LogP contribution in [0.25, 0.3) is 0 Å². The lowest BCUT2D eigenvalue weighted by molar-refractivity contribution is -0.117. The predicted octanol–water partition coefficient (Wildman–Crippen LogP) is 1.43. The van der Waals surface area contributed by atoms with Crippen molar-refractivity contribution in [3.8, 4) is 6.07 Å². The van der Waals surface area contributed by atoms with Crippen molar-refractivity contribution in [2.24, 2.45) is 10.8 Å². The Morgan fingerprint density at radius 1 is 1.13 bits per heavy atom. The van der Waals surface area contributed by atoms with Crippen molar-refractivity contribution in [1.82, 2.24) is 5.32 Å². The van der Waals surface area contributed by atoms with Gasteiger partial charge in [0.15, 0.2) is 0 Å². The summed E-state index contributed by atoms with van der Waals surface area (Å²) in [6, 6.07) is 2.41. The first-order valence-corrected chi connectivity index (χ1v) is 5.78. The fraction of sp³-hybridized carbons (Fsp3) is 0.917. The van der Waals surface area contributed by atoms with Gasteiger partial charge >= 0.3 is 0 Å². The molecule has 3 heteroatoms. The summed E-state index contributed by atoms with van der Waals surface area (Å²) in [5.74, 6) is 0. The van der Waals surface area contributed by atoms with E-state index in [4.69, 9.17) is 0 Å². The molecule has 2 aliphatic rings. The van der Waals surface area contributed by atoms with Crippen molar-refractivity contribution in [2.45, 2.75) is 45.1 Å². The Hall–Kier alpha value is -0.590. The summed E-state index contributed by atoms with van der Waals surface area (Å²) in [4.78, 5) is 0. The predicted molar refractivity (Wildman–Crippen MR) is 58.1 cm³/mol. The first-order valence-electron chi connectivity index (χ1n) is 5.78. The van der Waals surface area contributed by atoms with Gasteiger partial charge in [0.1, 0.15) is 5.60 Å². The number of hydrogen-bond acceptors (Lipinski definition) is 3. The number of hydrogen-bond donors (Lipinski definition) is 2. The molecule has 15 heavy (non-hydrogen) atoms. The van der Waals surface area contributed by atoms with Gasteiger partial charge in [0, 0.05) is 13.1 Å². The van der Waals surface area contributed by atoms with Crippen LogP contribution in [0.15, 0.2) is 0 Å². The van der Waals surface area contributed by atoms with Gasteiger partial charge in [-0.05, 0) is 31.1 Å². The maximum absolute atomic E-state index is 10.4. The van der Waals surface area contributed by atoms with Gasteiger partial charge in [-0.3, -0.25) is 0 Å². The van der Waals surface area contributed by atoms with Crippen molar-refractivity contribution in [3.05, 3.63) is 0 Å². The number of β-amino-alcohol motifs (C(OH)–C–C–N with tert-alkyl or cyclic N) is 1. The lowest BCUT2D eigenvalue weighted by atomic mass is 9.57. The minimum Gasteiger partial charge on any atom is -0.386 e. The summed E-state index contributed by atoms with van der Waals surface area (Å²) in [6.07, 6.45) is 3.77. The zero-order valence-corrected chi connectivity index (χ0v) is 9.64. The highest BCUT2D eigenvalue weighted by Crippen LogP contribution is 2.51. The molecule has 0 aromatic rings. The van der Waals surface area contributed by atoms with Crippen LogP contribution in [0.2, 0.25) is 0 Å². The van der Waals surface area contributed by atoms with E-state index in [-0.39, 0.29) is 0 Å². The first-order chi connectivity index (χ1) is 6.93. The van der Waals surface area contributed by atoms with Crippen molar-refractivity contribution in [3.63, 3.8) is 0 Å². The number of nitrogens with one attached hydrogen (secondary N) is 1. The topological polar surface area (TPSA) is 56.0 Å². The Bertz CT molecular complexity index is 289. The molecule has 1 aliphatic heterocycles. The van der Waals surface area contributed by atoms with E-state index in [9.17, 15) is 10.4 Å². The quantitative estimate of drug-likeness (QED) is 0.685. The largest absolute Gasteiger partial charge is 0.386 e. The van der Waals surface area contributed by atoms with E-state index in [2.05, 4.69) is 25.2 Å². The zero-order chi connectivity index (χ0) is 11.2. The molecule has 0 bridgehead atoms. The monoisotopic (exact) mass is 208 g/mol. The smallest absolute Gasteiger partial charge is 0.108 e. The summed E-state index contributed by atoms with van der Waals surface area (Å²) >= 11 is 0. The third-order valence-electron chi connectivity index (χ3n) is 4.40. The van der Waals surface area contributed by atoms with Crippen molar-refractivity contribution in [2.75, 3.05) is 13.1 Å². The minimum atomic E-state index is -0.766. The van der Waals surface area contributed by atoms with Crippen LogP contribution < -0.4 is 5.32 Å². The van der Waals surface area contributed by atoms with Crippen LogP contribution in [0.3, 0.4) is 0 Å². The molecule has 2 fully saturated rings. The molecule has 1 saturated heterocycles. The number of nitriles is 1. The highest BCUT2D eigenvalue weighted by molar-refractivity contribution is 5.18. The first kappa shape index (κ1) is 10.9. The number of nitrogens with zero attached hydrogens (tertiary/aromatic N) is 1. The van der Waals surface area contributed by atoms with Gasteiger partial charge in [0.2, 0.25) is 0 Å². The lowest BCUT2D eigenvalue weighted by Crippen LogP contribution is -2.68.